The van der Waals surface area contributed by atoms with Crippen molar-refractivity contribution in [2.24, 2.45) is 0 Å². The first kappa shape index (κ1) is 11.2. The summed E-state index contributed by atoms with van der Waals surface area (Å²) in [6.07, 6.45) is 1.75. The number of benzene rings is 1. The second kappa shape index (κ2) is 5.15. The fourth-order valence-corrected chi connectivity index (χ4v) is 1.17. The fourth-order valence-electron chi connectivity index (χ4n) is 1.17. The molecule has 2 rings (SSSR count). The molecular weight excluding hydrogens is 185 g/mol. The monoisotopic (exact) mass is 195 g/mol. The van der Waals surface area contributed by atoms with E-state index in [2.05, 4.69) is 4.98 Å². The maximum Gasteiger partial charge on any atom is 1.00 e. The first-order valence-corrected chi connectivity index (χ1v) is 4.07. The van der Waals surface area contributed by atoms with E-state index in [0.717, 1.165) is 11.3 Å². The zero-order valence-corrected chi connectivity index (χ0v) is 10.0. The molecule has 0 radical (unpaired) electrons. The van der Waals surface area contributed by atoms with Crippen molar-refractivity contribution in [1.82, 2.24) is 4.98 Å². The van der Waals surface area contributed by atoms with E-state index >= 15 is 0 Å². The van der Waals surface area contributed by atoms with Crippen LogP contribution in [0.5, 0.6) is 5.75 Å². The van der Waals surface area contributed by atoms with Crippen molar-refractivity contribution in [3.8, 4) is 17.0 Å². The Hall–Kier alpha value is -0.830. The van der Waals surface area contributed by atoms with E-state index in [1.807, 2.05) is 30.3 Å². The number of nitrogens with zero attached hydrogens (tertiary/aromatic N) is 1. The first-order valence-electron chi connectivity index (χ1n) is 4.07. The predicted molar refractivity (Wildman–Crippen MR) is 52.4 cm³/mol. The zero-order valence-electron chi connectivity index (χ0n) is 9.01. The van der Waals surface area contributed by atoms with Crippen LogP contribution in [-0.2, 0) is 0 Å². The molecule has 14 heavy (non-hydrogen) atoms. The first-order chi connectivity index (χ1) is 6.36. The Balaban J connectivity index is 0.000000980. The topological polar surface area (TPSA) is 33.1 Å². The van der Waals surface area contributed by atoms with Gasteiger partial charge in [-0.25, -0.2) is 0 Å². The van der Waals surface area contributed by atoms with Crippen molar-refractivity contribution in [1.29, 1.82) is 0 Å². The minimum atomic E-state index is 0. The zero-order chi connectivity index (χ0) is 9.10. The van der Waals surface area contributed by atoms with Crippen LogP contribution in [0.2, 0.25) is 0 Å². The molecule has 0 saturated carbocycles. The van der Waals surface area contributed by atoms with E-state index in [0.29, 0.717) is 0 Å². The molecule has 0 bridgehead atoms. The number of hydrogen-bond donors (Lipinski definition) is 1. The molecule has 0 aliphatic carbocycles. The quantitative estimate of drug-likeness (QED) is 0.626. The molecule has 0 aliphatic heterocycles. The van der Waals surface area contributed by atoms with Crippen LogP contribution in [0.4, 0.5) is 0 Å². The molecule has 2 aromatic rings. The summed E-state index contributed by atoms with van der Waals surface area (Å²) in [5, 5.41) is 9.08. The number of phenols is 1. The van der Waals surface area contributed by atoms with E-state index in [9.17, 15) is 0 Å². The third-order valence-corrected chi connectivity index (χ3v) is 1.83. The standard InChI is InChI=1S/C11H9NO.Na.H/c13-10-6-4-9(5-7-10)11-3-1-2-8-12-11;;/h1-8,13H;;/q;+1;-1. The Bertz CT molecular complexity index is 391. The van der Waals surface area contributed by atoms with Crippen LogP contribution in [0.3, 0.4) is 0 Å². The van der Waals surface area contributed by atoms with Gasteiger partial charge in [0.2, 0.25) is 0 Å². The van der Waals surface area contributed by atoms with Crippen molar-refractivity contribution in [3.63, 3.8) is 0 Å². The van der Waals surface area contributed by atoms with Gasteiger partial charge in [-0.05, 0) is 36.4 Å². The van der Waals surface area contributed by atoms with Crippen LogP contribution in [-0.4, -0.2) is 10.1 Å². The van der Waals surface area contributed by atoms with Crippen LogP contribution in [0, 0.1) is 0 Å². The van der Waals surface area contributed by atoms with Crippen LogP contribution in [0.15, 0.2) is 48.7 Å². The van der Waals surface area contributed by atoms with Crippen LogP contribution in [0.25, 0.3) is 11.3 Å². The molecule has 1 aromatic carbocycles. The van der Waals surface area contributed by atoms with E-state index in [1.54, 1.807) is 18.3 Å². The number of aromatic nitrogens is 1. The predicted octanol–water partition coefficient (Wildman–Crippen LogP) is -0.429. The van der Waals surface area contributed by atoms with Crippen LogP contribution in [0.1, 0.15) is 1.43 Å². The molecular formula is C11H10NNaO. The van der Waals surface area contributed by atoms with Crippen LogP contribution >= 0.6 is 0 Å². The summed E-state index contributed by atoms with van der Waals surface area (Å²) in [7, 11) is 0. The molecule has 3 heteroatoms. The Morgan fingerprint density at radius 1 is 1.00 bits per heavy atom. The van der Waals surface area contributed by atoms with Crippen molar-refractivity contribution in [3.05, 3.63) is 48.7 Å². The Morgan fingerprint density at radius 2 is 1.71 bits per heavy atom. The van der Waals surface area contributed by atoms with Gasteiger partial charge in [0.25, 0.3) is 0 Å². The second-order valence-corrected chi connectivity index (χ2v) is 2.76. The fraction of sp³-hybridized carbons (Fsp3) is 0. The Kier molecular flexibility index (Phi) is 4.14. The van der Waals surface area contributed by atoms with Gasteiger partial charge in [0.05, 0.1) is 5.69 Å². The minimum Gasteiger partial charge on any atom is -1.00 e. The average molecular weight is 195 g/mol. The normalized spacial score (nSPS) is 9.14. The van der Waals surface area contributed by atoms with E-state index < -0.39 is 0 Å². The minimum absolute atomic E-state index is 0. The van der Waals surface area contributed by atoms with Crippen molar-refractivity contribution in [2.75, 3.05) is 0 Å². The van der Waals surface area contributed by atoms with Gasteiger partial charge in [0.15, 0.2) is 0 Å². The molecule has 0 amide bonds. The smallest absolute Gasteiger partial charge is 1.00 e. The maximum atomic E-state index is 9.08. The van der Waals surface area contributed by atoms with Gasteiger partial charge < -0.3 is 6.53 Å². The summed E-state index contributed by atoms with van der Waals surface area (Å²) < 4.78 is 0. The molecule has 1 N–H and O–H groups in total. The number of rotatable bonds is 1. The molecule has 0 atom stereocenters. The van der Waals surface area contributed by atoms with Gasteiger partial charge in [0, 0.05) is 11.8 Å². The molecule has 0 unspecified atom stereocenters. The van der Waals surface area contributed by atoms with E-state index in [-0.39, 0.29) is 36.7 Å². The number of pyridine rings is 1. The molecule has 0 spiro atoms. The summed E-state index contributed by atoms with van der Waals surface area (Å²) in [4.78, 5) is 4.20. The van der Waals surface area contributed by atoms with Gasteiger partial charge in [0.1, 0.15) is 5.75 Å². The van der Waals surface area contributed by atoms with Crippen molar-refractivity contribution < 1.29 is 36.1 Å². The van der Waals surface area contributed by atoms with Gasteiger partial charge >= 0.3 is 29.6 Å². The average Bonchev–Trinajstić information content (AvgIpc) is 2.20. The van der Waals surface area contributed by atoms with Gasteiger partial charge in [-0.2, -0.15) is 0 Å². The Morgan fingerprint density at radius 3 is 2.29 bits per heavy atom. The molecule has 0 aliphatic rings. The summed E-state index contributed by atoms with van der Waals surface area (Å²) >= 11 is 0. The molecule has 66 valence electrons. The maximum absolute atomic E-state index is 9.08. The second-order valence-electron chi connectivity index (χ2n) is 2.76. The summed E-state index contributed by atoms with van der Waals surface area (Å²) in [5.74, 6) is 0.277. The third kappa shape index (κ3) is 2.58. The summed E-state index contributed by atoms with van der Waals surface area (Å²) in [6.45, 7) is 0. The van der Waals surface area contributed by atoms with E-state index in [1.165, 1.54) is 0 Å². The molecule has 1 heterocycles. The Labute approximate surface area is 106 Å². The van der Waals surface area contributed by atoms with Gasteiger partial charge in [-0.1, -0.05) is 6.07 Å². The van der Waals surface area contributed by atoms with Crippen molar-refractivity contribution in [2.45, 2.75) is 0 Å². The molecule has 0 fully saturated rings. The molecule has 1 aromatic heterocycles. The summed E-state index contributed by atoms with van der Waals surface area (Å²) in [6, 6.07) is 12.8. The number of aromatic hydroxyl groups is 1. The van der Waals surface area contributed by atoms with Crippen molar-refractivity contribution >= 4 is 0 Å². The number of phenolic OH excluding ortho intramolecular Hbond substituents is 1. The third-order valence-electron chi connectivity index (χ3n) is 1.83. The summed E-state index contributed by atoms with van der Waals surface area (Å²) in [5.41, 5.74) is 1.93. The molecule has 2 nitrogen and oxygen atoms in total. The van der Waals surface area contributed by atoms with Gasteiger partial charge in [-0.15, -0.1) is 0 Å². The van der Waals surface area contributed by atoms with Gasteiger partial charge in [-0.3, -0.25) is 4.98 Å². The number of hydrogen-bond acceptors (Lipinski definition) is 2. The molecule has 0 saturated heterocycles. The van der Waals surface area contributed by atoms with E-state index in [4.69, 9.17) is 5.11 Å². The SMILES string of the molecule is Oc1ccc(-c2ccccn2)cc1.[H-].[Na+]. The van der Waals surface area contributed by atoms with Crippen LogP contribution < -0.4 is 29.6 Å². The largest absolute Gasteiger partial charge is 1.00 e.